The highest BCUT2D eigenvalue weighted by atomic mass is 79.9. The van der Waals surface area contributed by atoms with Gasteiger partial charge in [0.05, 0.1) is 4.47 Å². The summed E-state index contributed by atoms with van der Waals surface area (Å²) < 4.78 is 29.2. The molecule has 6 heteroatoms. The Morgan fingerprint density at radius 2 is 2.05 bits per heavy atom. The fourth-order valence-electron chi connectivity index (χ4n) is 1.99. The lowest BCUT2D eigenvalue weighted by Gasteiger charge is -2.17. The molecule has 0 saturated heterocycles. The second kappa shape index (κ2) is 7.11. The molecule has 1 N–H and O–H groups in total. The van der Waals surface area contributed by atoms with E-state index >= 15 is 0 Å². The summed E-state index contributed by atoms with van der Waals surface area (Å²) in [6.45, 7) is 2.71. The SMILES string of the molecule is CCNC(Cc1c(F)ccc(Br)c1F)c1cc(Br)cs1. The quantitative estimate of drug-likeness (QED) is 0.629. The van der Waals surface area contributed by atoms with E-state index in [4.69, 9.17) is 0 Å². The summed E-state index contributed by atoms with van der Waals surface area (Å²) in [5.41, 5.74) is 0.106. The van der Waals surface area contributed by atoms with Gasteiger partial charge in [0.15, 0.2) is 0 Å². The van der Waals surface area contributed by atoms with Crippen LogP contribution in [0.2, 0.25) is 0 Å². The fraction of sp³-hybridized carbons (Fsp3) is 0.286. The van der Waals surface area contributed by atoms with Crippen molar-refractivity contribution in [1.82, 2.24) is 5.32 Å². The predicted octanol–water partition coefficient (Wildman–Crippen LogP) is 5.44. The van der Waals surface area contributed by atoms with Crippen LogP contribution in [0.3, 0.4) is 0 Å². The van der Waals surface area contributed by atoms with E-state index in [1.54, 1.807) is 11.3 Å². The maximum atomic E-state index is 14.1. The maximum absolute atomic E-state index is 14.1. The molecule has 0 aliphatic heterocycles. The Morgan fingerprint density at radius 1 is 1.30 bits per heavy atom. The van der Waals surface area contributed by atoms with E-state index in [9.17, 15) is 8.78 Å². The van der Waals surface area contributed by atoms with Crippen LogP contribution >= 0.6 is 43.2 Å². The van der Waals surface area contributed by atoms with Gasteiger partial charge in [-0.1, -0.05) is 6.92 Å². The van der Waals surface area contributed by atoms with Gasteiger partial charge in [-0.25, -0.2) is 8.78 Å². The number of hydrogen-bond donors (Lipinski definition) is 1. The van der Waals surface area contributed by atoms with Gasteiger partial charge in [-0.2, -0.15) is 0 Å². The summed E-state index contributed by atoms with van der Waals surface area (Å²) in [4.78, 5) is 1.05. The topological polar surface area (TPSA) is 12.0 Å². The van der Waals surface area contributed by atoms with Crippen LogP contribution in [0.25, 0.3) is 0 Å². The van der Waals surface area contributed by atoms with E-state index in [0.717, 1.165) is 15.9 Å². The van der Waals surface area contributed by atoms with Gasteiger partial charge in [-0.3, -0.25) is 0 Å². The zero-order chi connectivity index (χ0) is 14.7. The smallest absolute Gasteiger partial charge is 0.143 e. The van der Waals surface area contributed by atoms with Crippen LogP contribution in [0.4, 0.5) is 8.78 Å². The lowest BCUT2D eigenvalue weighted by molar-refractivity contribution is 0.501. The number of halogens is 4. The standard InChI is InChI=1S/C14H13Br2F2NS/c1-2-19-12(13-5-8(15)7-20-13)6-9-11(17)4-3-10(16)14(9)18/h3-5,7,12,19H,2,6H2,1H3. The zero-order valence-corrected chi connectivity index (χ0v) is 14.7. The third kappa shape index (κ3) is 3.67. The second-order valence-corrected chi connectivity index (χ2v) is 7.02. The number of likely N-dealkylation sites (N-methyl/N-ethyl adjacent to an activating group) is 1. The number of nitrogens with one attached hydrogen (secondary N) is 1. The van der Waals surface area contributed by atoms with Gasteiger partial charge in [-0.05, 0) is 63.0 Å². The van der Waals surface area contributed by atoms with Crippen molar-refractivity contribution < 1.29 is 8.78 Å². The first-order valence-electron chi connectivity index (χ1n) is 6.12. The van der Waals surface area contributed by atoms with Crippen LogP contribution in [0, 0.1) is 11.6 Å². The number of benzene rings is 1. The van der Waals surface area contributed by atoms with Gasteiger partial charge < -0.3 is 5.32 Å². The first-order valence-corrected chi connectivity index (χ1v) is 8.59. The van der Waals surface area contributed by atoms with Crippen LogP contribution in [0.15, 0.2) is 32.5 Å². The molecule has 1 heterocycles. The third-order valence-corrected chi connectivity index (χ3v) is 5.35. The van der Waals surface area contributed by atoms with Crippen molar-refractivity contribution >= 4 is 43.2 Å². The second-order valence-electron chi connectivity index (χ2n) is 4.30. The first-order chi connectivity index (χ1) is 9.52. The molecule has 2 rings (SSSR count). The van der Waals surface area contributed by atoms with E-state index in [0.29, 0.717) is 0 Å². The van der Waals surface area contributed by atoms with Crippen LogP contribution in [-0.4, -0.2) is 6.54 Å². The average Bonchev–Trinajstić information content (AvgIpc) is 2.84. The summed E-state index contributed by atoms with van der Waals surface area (Å²) in [7, 11) is 0. The summed E-state index contributed by atoms with van der Waals surface area (Å²) in [6, 6.07) is 4.55. The fourth-order valence-corrected chi connectivity index (χ4v) is 3.88. The molecule has 0 spiro atoms. The number of hydrogen-bond acceptors (Lipinski definition) is 2. The Kier molecular flexibility index (Phi) is 5.72. The number of rotatable bonds is 5. The van der Waals surface area contributed by atoms with Gasteiger partial charge in [0.1, 0.15) is 11.6 Å². The molecule has 1 nitrogen and oxygen atoms in total. The maximum Gasteiger partial charge on any atom is 0.143 e. The van der Waals surface area contributed by atoms with Crippen molar-refractivity contribution in [2.45, 2.75) is 19.4 Å². The van der Waals surface area contributed by atoms with Gasteiger partial charge in [0.2, 0.25) is 0 Å². The first kappa shape index (κ1) is 16.1. The molecule has 0 aliphatic carbocycles. The molecule has 0 radical (unpaired) electrons. The van der Waals surface area contributed by atoms with Crippen LogP contribution < -0.4 is 5.32 Å². The van der Waals surface area contributed by atoms with Crippen LogP contribution in [0.5, 0.6) is 0 Å². The highest BCUT2D eigenvalue weighted by Crippen LogP contribution is 2.30. The van der Waals surface area contributed by atoms with E-state index in [1.807, 2.05) is 18.4 Å². The summed E-state index contributed by atoms with van der Waals surface area (Å²) in [5, 5.41) is 5.24. The molecule has 1 unspecified atom stereocenters. The predicted molar refractivity (Wildman–Crippen MR) is 86.2 cm³/mol. The molecular weight excluding hydrogens is 412 g/mol. The average molecular weight is 425 g/mol. The molecular formula is C14H13Br2F2NS. The summed E-state index contributed by atoms with van der Waals surface area (Å²) in [5.74, 6) is -1.03. The largest absolute Gasteiger partial charge is 0.309 e. The molecule has 1 aromatic carbocycles. The van der Waals surface area contributed by atoms with E-state index in [1.165, 1.54) is 12.1 Å². The van der Waals surface area contributed by atoms with Crippen LogP contribution in [0.1, 0.15) is 23.4 Å². The summed E-state index contributed by atoms with van der Waals surface area (Å²) >= 11 is 8.07. The van der Waals surface area contributed by atoms with Gasteiger partial charge in [0, 0.05) is 26.3 Å². The minimum Gasteiger partial charge on any atom is -0.309 e. The summed E-state index contributed by atoms with van der Waals surface area (Å²) in [6.07, 6.45) is 0.276. The number of thiophene rings is 1. The van der Waals surface area contributed by atoms with Crippen molar-refractivity contribution in [3.05, 3.63) is 54.6 Å². The van der Waals surface area contributed by atoms with E-state index in [2.05, 4.69) is 37.2 Å². The Morgan fingerprint density at radius 3 is 2.65 bits per heavy atom. The molecule has 0 saturated carbocycles. The zero-order valence-electron chi connectivity index (χ0n) is 10.7. The Hall–Kier alpha value is -0.300. The molecule has 0 amide bonds. The van der Waals surface area contributed by atoms with Gasteiger partial charge in [-0.15, -0.1) is 11.3 Å². The van der Waals surface area contributed by atoms with Crippen molar-refractivity contribution in [3.8, 4) is 0 Å². The lowest BCUT2D eigenvalue weighted by atomic mass is 10.0. The highest BCUT2D eigenvalue weighted by molar-refractivity contribution is 9.10. The Balaban J connectivity index is 2.31. The molecule has 20 heavy (non-hydrogen) atoms. The lowest BCUT2D eigenvalue weighted by Crippen LogP contribution is -2.23. The normalized spacial score (nSPS) is 12.7. The van der Waals surface area contributed by atoms with Crippen molar-refractivity contribution in [2.75, 3.05) is 6.54 Å². The van der Waals surface area contributed by atoms with Crippen molar-refractivity contribution in [2.24, 2.45) is 0 Å². The highest BCUT2D eigenvalue weighted by Gasteiger charge is 2.19. The third-order valence-electron chi connectivity index (χ3n) is 2.93. The van der Waals surface area contributed by atoms with Crippen LogP contribution in [-0.2, 0) is 6.42 Å². The molecule has 1 atom stereocenters. The monoisotopic (exact) mass is 423 g/mol. The van der Waals surface area contributed by atoms with E-state index < -0.39 is 11.6 Å². The molecule has 0 fully saturated rings. The van der Waals surface area contributed by atoms with Crippen molar-refractivity contribution in [3.63, 3.8) is 0 Å². The molecule has 1 aromatic heterocycles. The van der Waals surface area contributed by atoms with E-state index in [-0.39, 0.29) is 22.5 Å². The minimum absolute atomic E-state index is 0.102. The minimum atomic E-state index is -0.525. The van der Waals surface area contributed by atoms with Crippen molar-refractivity contribution in [1.29, 1.82) is 0 Å². The molecule has 2 aromatic rings. The van der Waals surface area contributed by atoms with Gasteiger partial charge in [0.25, 0.3) is 0 Å². The molecule has 0 aliphatic rings. The Labute approximate surface area is 137 Å². The Bertz CT molecular complexity index is 601. The van der Waals surface area contributed by atoms with Gasteiger partial charge >= 0.3 is 0 Å². The molecule has 0 bridgehead atoms. The molecule has 108 valence electrons.